The molecule has 0 aromatic heterocycles. The summed E-state index contributed by atoms with van der Waals surface area (Å²) in [7, 11) is 0. The predicted molar refractivity (Wildman–Crippen MR) is 101 cm³/mol. The molecule has 1 aliphatic heterocycles. The quantitative estimate of drug-likeness (QED) is 0.713. The predicted octanol–water partition coefficient (Wildman–Crippen LogP) is 4.25. The summed E-state index contributed by atoms with van der Waals surface area (Å²) >= 11 is 0. The van der Waals surface area contributed by atoms with Crippen molar-refractivity contribution < 1.29 is 10.1 Å². The van der Waals surface area contributed by atoms with Crippen LogP contribution in [0.5, 0.6) is 0 Å². The van der Waals surface area contributed by atoms with Gasteiger partial charge in [-0.05, 0) is 29.3 Å². The van der Waals surface area contributed by atoms with Gasteiger partial charge in [0.2, 0.25) is 0 Å². The van der Waals surface area contributed by atoms with Crippen LogP contribution in [-0.4, -0.2) is 6.23 Å². The highest BCUT2D eigenvalue weighted by molar-refractivity contribution is 5.82. The van der Waals surface area contributed by atoms with Gasteiger partial charge in [-0.2, -0.15) is 0 Å². The van der Waals surface area contributed by atoms with Gasteiger partial charge in [0, 0.05) is 11.6 Å². The number of para-hydroxylation sites is 1. The van der Waals surface area contributed by atoms with Gasteiger partial charge in [0.15, 0.2) is 0 Å². The second-order valence-electron chi connectivity index (χ2n) is 5.99. The molecule has 3 aromatic rings. The molecule has 0 radical (unpaired) electrons. The van der Waals surface area contributed by atoms with Crippen molar-refractivity contribution in [2.75, 3.05) is 0 Å². The molecule has 1 atom stereocenters. The van der Waals surface area contributed by atoms with E-state index in [2.05, 4.69) is 78.1 Å². The van der Waals surface area contributed by atoms with E-state index < -0.39 is 0 Å². The first-order valence-corrected chi connectivity index (χ1v) is 8.50. The van der Waals surface area contributed by atoms with Gasteiger partial charge in [-0.25, -0.2) is 0 Å². The fourth-order valence-corrected chi connectivity index (χ4v) is 3.05. The zero-order valence-corrected chi connectivity index (χ0v) is 13.9. The van der Waals surface area contributed by atoms with E-state index in [-0.39, 0.29) is 6.23 Å². The lowest BCUT2D eigenvalue weighted by atomic mass is 9.97. The minimum Gasteiger partial charge on any atom is -0.438 e. The van der Waals surface area contributed by atoms with Crippen LogP contribution in [0.4, 0.5) is 5.69 Å². The SMILES string of the molecule is C1=CC([NH2+]c2ccccc2)OC1=C(c1ccccc1)c1ccccc1. The molecule has 0 fully saturated rings. The third-order valence-corrected chi connectivity index (χ3v) is 4.23. The van der Waals surface area contributed by atoms with Crippen molar-refractivity contribution in [3.8, 4) is 0 Å². The Morgan fingerprint density at radius 2 is 1.20 bits per heavy atom. The Bertz CT molecular complexity index is 842. The average Bonchev–Trinajstić information content (AvgIpc) is 3.12. The summed E-state index contributed by atoms with van der Waals surface area (Å²) in [6.45, 7) is 0. The largest absolute Gasteiger partial charge is 0.438 e. The Labute approximate surface area is 148 Å². The lowest BCUT2D eigenvalue weighted by Gasteiger charge is -2.14. The number of quaternary nitrogens is 1. The molecular weight excluding hydrogens is 306 g/mol. The van der Waals surface area contributed by atoms with Crippen LogP contribution in [0.15, 0.2) is 109 Å². The molecule has 122 valence electrons. The first-order chi connectivity index (χ1) is 12.4. The number of hydrogen-bond acceptors (Lipinski definition) is 1. The van der Waals surface area contributed by atoms with Crippen molar-refractivity contribution in [2.24, 2.45) is 0 Å². The molecule has 2 heteroatoms. The molecule has 1 aliphatic rings. The van der Waals surface area contributed by atoms with Crippen molar-refractivity contribution in [3.63, 3.8) is 0 Å². The van der Waals surface area contributed by atoms with Gasteiger partial charge < -0.3 is 4.74 Å². The van der Waals surface area contributed by atoms with E-state index in [1.807, 2.05) is 30.3 Å². The van der Waals surface area contributed by atoms with Crippen LogP contribution in [0.3, 0.4) is 0 Å². The molecule has 25 heavy (non-hydrogen) atoms. The van der Waals surface area contributed by atoms with Gasteiger partial charge in [-0.15, -0.1) is 0 Å². The number of allylic oxidation sites excluding steroid dienone is 1. The molecule has 1 unspecified atom stereocenters. The number of ether oxygens (including phenoxy) is 1. The van der Waals surface area contributed by atoms with E-state index in [4.69, 9.17) is 4.74 Å². The lowest BCUT2D eigenvalue weighted by Crippen LogP contribution is -2.84. The van der Waals surface area contributed by atoms with Crippen molar-refractivity contribution in [3.05, 3.63) is 120 Å². The van der Waals surface area contributed by atoms with Crippen LogP contribution in [0.1, 0.15) is 11.1 Å². The van der Waals surface area contributed by atoms with Crippen molar-refractivity contribution in [1.29, 1.82) is 0 Å². The summed E-state index contributed by atoms with van der Waals surface area (Å²) < 4.78 is 6.25. The maximum absolute atomic E-state index is 6.25. The number of benzene rings is 3. The zero-order valence-electron chi connectivity index (χ0n) is 13.9. The Kier molecular flexibility index (Phi) is 4.44. The topological polar surface area (TPSA) is 25.8 Å². The smallest absolute Gasteiger partial charge is 0.255 e. The summed E-state index contributed by atoms with van der Waals surface area (Å²) in [6.07, 6.45) is 4.15. The van der Waals surface area contributed by atoms with Crippen LogP contribution in [-0.2, 0) is 4.74 Å². The minimum absolute atomic E-state index is 0.0418. The highest BCUT2D eigenvalue weighted by Crippen LogP contribution is 2.30. The molecule has 0 amide bonds. The van der Waals surface area contributed by atoms with E-state index in [1.54, 1.807) is 0 Å². The van der Waals surface area contributed by atoms with Crippen molar-refractivity contribution in [1.82, 2.24) is 0 Å². The van der Waals surface area contributed by atoms with Gasteiger partial charge in [-0.3, -0.25) is 5.32 Å². The molecule has 4 rings (SSSR count). The Balaban J connectivity index is 1.67. The first kappa shape index (κ1) is 15.4. The van der Waals surface area contributed by atoms with Gasteiger partial charge >= 0.3 is 0 Å². The Hall–Kier alpha value is -3.10. The molecule has 0 saturated heterocycles. The zero-order chi connectivity index (χ0) is 16.9. The third kappa shape index (κ3) is 3.54. The Morgan fingerprint density at radius 3 is 1.76 bits per heavy atom. The number of hydrogen-bond donors (Lipinski definition) is 1. The molecular formula is C23H20NO+. The summed E-state index contributed by atoms with van der Waals surface area (Å²) in [6, 6.07) is 31.1. The highest BCUT2D eigenvalue weighted by Gasteiger charge is 2.22. The first-order valence-electron chi connectivity index (χ1n) is 8.50. The molecule has 2 nitrogen and oxygen atoms in total. The summed E-state index contributed by atoms with van der Waals surface area (Å²) in [5, 5.41) is 2.14. The van der Waals surface area contributed by atoms with Crippen LogP contribution in [0.2, 0.25) is 0 Å². The second kappa shape index (κ2) is 7.20. The normalized spacial score (nSPS) is 15.8. The molecule has 0 spiro atoms. The van der Waals surface area contributed by atoms with Gasteiger partial charge in [0.05, 0.1) is 0 Å². The standard InChI is InChI=1S/C23H19NO/c1-4-10-18(11-5-1)23(19-12-6-2-7-13-19)21-16-17-22(25-21)24-20-14-8-3-9-15-20/h1-17,22,24H/p+1. The number of nitrogens with two attached hydrogens (primary N) is 1. The van der Waals surface area contributed by atoms with E-state index in [9.17, 15) is 0 Å². The van der Waals surface area contributed by atoms with Gasteiger partial charge in [-0.1, -0.05) is 78.9 Å². The maximum atomic E-state index is 6.25. The number of rotatable bonds is 4. The van der Waals surface area contributed by atoms with E-state index >= 15 is 0 Å². The van der Waals surface area contributed by atoms with Crippen LogP contribution in [0, 0.1) is 0 Å². The van der Waals surface area contributed by atoms with Crippen molar-refractivity contribution >= 4 is 11.3 Å². The van der Waals surface area contributed by atoms with Crippen molar-refractivity contribution in [2.45, 2.75) is 6.23 Å². The minimum atomic E-state index is -0.0418. The molecule has 2 N–H and O–H groups in total. The summed E-state index contributed by atoms with van der Waals surface area (Å²) in [5.74, 6) is 0.912. The Morgan fingerprint density at radius 1 is 0.680 bits per heavy atom. The van der Waals surface area contributed by atoms with E-state index in [0.29, 0.717) is 0 Å². The van der Waals surface area contributed by atoms with E-state index in [1.165, 1.54) is 5.69 Å². The maximum Gasteiger partial charge on any atom is 0.255 e. The van der Waals surface area contributed by atoms with Gasteiger partial charge in [0.1, 0.15) is 11.4 Å². The summed E-state index contributed by atoms with van der Waals surface area (Å²) in [5.41, 5.74) is 4.61. The second-order valence-corrected chi connectivity index (χ2v) is 5.99. The van der Waals surface area contributed by atoms with E-state index in [0.717, 1.165) is 22.5 Å². The van der Waals surface area contributed by atoms with Crippen LogP contribution < -0.4 is 5.32 Å². The average molecular weight is 326 g/mol. The molecule has 0 aliphatic carbocycles. The van der Waals surface area contributed by atoms with Crippen LogP contribution >= 0.6 is 0 Å². The molecule has 1 heterocycles. The fraction of sp³-hybridized carbons (Fsp3) is 0.0435. The lowest BCUT2D eigenvalue weighted by molar-refractivity contribution is -0.637. The molecule has 3 aromatic carbocycles. The molecule has 0 bridgehead atoms. The molecule has 0 saturated carbocycles. The van der Waals surface area contributed by atoms with Crippen LogP contribution in [0.25, 0.3) is 5.57 Å². The highest BCUT2D eigenvalue weighted by atomic mass is 16.5. The summed E-state index contributed by atoms with van der Waals surface area (Å²) in [4.78, 5) is 0. The third-order valence-electron chi connectivity index (χ3n) is 4.23. The van der Waals surface area contributed by atoms with Gasteiger partial charge in [0.25, 0.3) is 6.23 Å². The fourth-order valence-electron chi connectivity index (χ4n) is 3.05. The monoisotopic (exact) mass is 326 g/mol.